The van der Waals surface area contributed by atoms with Crippen LogP contribution in [0.25, 0.3) is 10.6 Å². The lowest BCUT2D eigenvalue weighted by Crippen LogP contribution is -2.36. The molecule has 3 aromatic rings. The molecule has 0 aliphatic rings. The zero-order valence-electron chi connectivity index (χ0n) is 18.4. The van der Waals surface area contributed by atoms with E-state index >= 15 is 0 Å². The molecule has 0 aliphatic carbocycles. The third kappa shape index (κ3) is 6.86. The maximum Gasteiger partial charge on any atom is 0.416 e. The predicted molar refractivity (Wildman–Crippen MR) is 128 cm³/mol. The zero-order chi connectivity index (χ0) is 24.9. The highest BCUT2D eigenvalue weighted by molar-refractivity contribution is 9.10. The maximum absolute atomic E-state index is 13.0. The molecule has 11 heteroatoms. The molecule has 6 nitrogen and oxygen atoms in total. The van der Waals surface area contributed by atoms with Crippen LogP contribution in [-0.4, -0.2) is 40.0 Å². The molecule has 0 aliphatic heterocycles. The van der Waals surface area contributed by atoms with Crippen LogP contribution in [0.3, 0.4) is 0 Å². The first kappa shape index (κ1) is 25.8. The van der Waals surface area contributed by atoms with E-state index in [1.807, 2.05) is 19.9 Å². The lowest BCUT2D eigenvalue weighted by atomic mass is 10.1. The number of anilines is 1. The number of carbonyl (C=O) groups excluding carboxylic acids is 2. The molecular weight excluding hydrogens is 533 g/mol. The van der Waals surface area contributed by atoms with Crippen LogP contribution in [0, 0.1) is 5.92 Å². The van der Waals surface area contributed by atoms with Gasteiger partial charge in [-0.15, -0.1) is 10.2 Å². The summed E-state index contributed by atoms with van der Waals surface area (Å²) < 4.78 is 38.9. The number of hydrogen-bond acceptors (Lipinski definition) is 5. The van der Waals surface area contributed by atoms with Gasteiger partial charge in [0.2, 0.25) is 11.0 Å². The van der Waals surface area contributed by atoms with E-state index in [0.717, 1.165) is 23.5 Å². The Balaban J connectivity index is 1.62. The Morgan fingerprint density at radius 2 is 1.76 bits per heavy atom. The number of nitrogens with one attached hydrogen (secondary N) is 1. The van der Waals surface area contributed by atoms with Gasteiger partial charge < -0.3 is 10.2 Å². The lowest BCUT2D eigenvalue weighted by molar-refractivity contribution is -0.137. The van der Waals surface area contributed by atoms with Crippen LogP contribution in [-0.2, 0) is 11.0 Å². The SMILES string of the molecule is CC(C)CN(CCC(=O)Nc1nnc(-c2ccc(C(F)(F)F)cc2)s1)C(=O)c1ccccc1Br. The first-order chi connectivity index (χ1) is 16.0. The summed E-state index contributed by atoms with van der Waals surface area (Å²) in [7, 11) is 0. The molecule has 180 valence electrons. The number of hydrogen-bond donors (Lipinski definition) is 1. The van der Waals surface area contributed by atoms with E-state index in [-0.39, 0.29) is 35.8 Å². The van der Waals surface area contributed by atoms with Gasteiger partial charge >= 0.3 is 6.18 Å². The Bertz CT molecular complexity index is 1150. The Morgan fingerprint density at radius 3 is 2.38 bits per heavy atom. The van der Waals surface area contributed by atoms with Gasteiger partial charge in [-0.05, 0) is 46.1 Å². The summed E-state index contributed by atoms with van der Waals surface area (Å²) in [5.41, 5.74) is 0.235. The van der Waals surface area contributed by atoms with Crippen molar-refractivity contribution in [3.8, 4) is 10.6 Å². The van der Waals surface area contributed by atoms with Crippen LogP contribution in [0.2, 0.25) is 0 Å². The molecule has 0 saturated carbocycles. The van der Waals surface area contributed by atoms with E-state index in [2.05, 4.69) is 31.4 Å². The fourth-order valence-corrected chi connectivity index (χ4v) is 4.35. The van der Waals surface area contributed by atoms with Crippen LogP contribution in [0.5, 0.6) is 0 Å². The molecule has 0 spiro atoms. The summed E-state index contributed by atoms with van der Waals surface area (Å²) in [6, 6.07) is 11.7. The molecule has 1 aromatic heterocycles. The fraction of sp³-hybridized carbons (Fsp3) is 0.304. The van der Waals surface area contributed by atoms with Crippen LogP contribution < -0.4 is 5.32 Å². The number of carbonyl (C=O) groups is 2. The first-order valence-electron chi connectivity index (χ1n) is 10.4. The second-order valence-corrected chi connectivity index (χ2v) is 9.74. The minimum Gasteiger partial charge on any atom is -0.338 e. The van der Waals surface area contributed by atoms with E-state index in [4.69, 9.17) is 0 Å². The second kappa shape index (κ2) is 11.1. The normalized spacial score (nSPS) is 11.5. The van der Waals surface area contributed by atoms with Crippen LogP contribution >= 0.6 is 27.3 Å². The van der Waals surface area contributed by atoms with Crippen molar-refractivity contribution < 1.29 is 22.8 Å². The minimum atomic E-state index is -4.42. The highest BCUT2D eigenvalue weighted by Gasteiger charge is 2.30. The van der Waals surface area contributed by atoms with E-state index in [0.29, 0.717) is 27.2 Å². The summed E-state index contributed by atoms with van der Waals surface area (Å²) >= 11 is 4.45. The van der Waals surface area contributed by atoms with E-state index in [1.165, 1.54) is 12.1 Å². The molecule has 2 aromatic carbocycles. The Morgan fingerprint density at radius 1 is 1.09 bits per heavy atom. The Kier molecular flexibility index (Phi) is 8.42. The highest BCUT2D eigenvalue weighted by atomic mass is 79.9. The van der Waals surface area contributed by atoms with Gasteiger partial charge in [-0.3, -0.25) is 9.59 Å². The molecule has 0 saturated heterocycles. The van der Waals surface area contributed by atoms with Gasteiger partial charge in [0.25, 0.3) is 5.91 Å². The molecule has 0 radical (unpaired) electrons. The molecule has 2 amide bonds. The van der Waals surface area contributed by atoms with E-state index < -0.39 is 11.7 Å². The van der Waals surface area contributed by atoms with Crippen LogP contribution in [0.1, 0.15) is 36.2 Å². The van der Waals surface area contributed by atoms with Gasteiger partial charge in [-0.25, -0.2) is 0 Å². The van der Waals surface area contributed by atoms with Gasteiger partial charge in [0.05, 0.1) is 11.1 Å². The van der Waals surface area contributed by atoms with Crippen molar-refractivity contribution in [1.29, 1.82) is 0 Å². The molecule has 1 heterocycles. The van der Waals surface area contributed by atoms with Crippen LogP contribution in [0.4, 0.5) is 18.3 Å². The number of halogens is 4. The van der Waals surface area contributed by atoms with E-state index in [1.54, 1.807) is 23.1 Å². The monoisotopic (exact) mass is 554 g/mol. The number of aromatic nitrogens is 2. The van der Waals surface area contributed by atoms with Crippen LogP contribution in [0.15, 0.2) is 53.0 Å². The quantitative estimate of drug-likeness (QED) is 0.364. The van der Waals surface area contributed by atoms with Crippen molar-refractivity contribution in [2.75, 3.05) is 18.4 Å². The zero-order valence-corrected chi connectivity index (χ0v) is 20.8. The third-order valence-electron chi connectivity index (χ3n) is 4.72. The largest absolute Gasteiger partial charge is 0.416 e. The van der Waals surface area contributed by atoms with Gasteiger partial charge in [0.1, 0.15) is 5.01 Å². The van der Waals surface area contributed by atoms with Crippen molar-refractivity contribution in [3.63, 3.8) is 0 Å². The van der Waals surface area contributed by atoms with Crippen molar-refractivity contribution in [3.05, 3.63) is 64.1 Å². The van der Waals surface area contributed by atoms with Crippen molar-refractivity contribution in [2.45, 2.75) is 26.4 Å². The number of nitrogens with zero attached hydrogens (tertiary/aromatic N) is 3. The average Bonchev–Trinajstić information content (AvgIpc) is 3.24. The number of rotatable bonds is 8. The topological polar surface area (TPSA) is 75.2 Å². The molecule has 34 heavy (non-hydrogen) atoms. The molecule has 0 fully saturated rings. The maximum atomic E-state index is 13.0. The fourth-order valence-electron chi connectivity index (χ4n) is 3.13. The molecule has 3 rings (SSSR count). The summed E-state index contributed by atoms with van der Waals surface area (Å²) in [4.78, 5) is 27.1. The lowest BCUT2D eigenvalue weighted by Gasteiger charge is -2.25. The van der Waals surface area contributed by atoms with Crippen molar-refractivity contribution in [2.24, 2.45) is 5.92 Å². The van der Waals surface area contributed by atoms with Gasteiger partial charge in [0, 0.05) is 29.5 Å². The Hall–Kier alpha value is -2.79. The van der Waals surface area contributed by atoms with Gasteiger partial charge in [0.15, 0.2) is 0 Å². The second-order valence-electron chi connectivity index (χ2n) is 7.91. The standard InChI is InChI=1S/C23H22BrF3N4O2S/c1-14(2)13-31(21(33)17-5-3-4-6-18(17)24)12-11-19(32)28-22-30-29-20(34-22)15-7-9-16(10-8-15)23(25,26)27/h3-10,14H,11-13H2,1-2H3,(H,28,30,32). The number of benzene rings is 2. The third-order valence-corrected chi connectivity index (χ3v) is 6.30. The number of alkyl halides is 3. The van der Waals surface area contributed by atoms with Crippen molar-refractivity contribution >= 4 is 44.2 Å². The average molecular weight is 555 g/mol. The van der Waals surface area contributed by atoms with Gasteiger partial charge in [-0.2, -0.15) is 13.2 Å². The minimum absolute atomic E-state index is 0.0537. The summed E-state index contributed by atoms with van der Waals surface area (Å²) in [5.74, 6) is -0.303. The Labute approximate surface area is 207 Å². The summed E-state index contributed by atoms with van der Waals surface area (Å²) in [6.45, 7) is 4.69. The first-order valence-corrected chi connectivity index (χ1v) is 12.0. The summed E-state index contributed by atoms with van der Waals surface area (Å²) in [5, 5.41) is 11.1. The predicted octanol–water partition coefficient (Wildman–Crippen LogP) is 6.11. The van der Waals surface area contributed by atoms with Gasteiger partial charge in [-0.1, -0.05) is 49.4 Å². The number of amides is 2. The smallest absolute Gasteiger partial charge is 0.338 e. The molecule has 0 unspecified atom stereocenters. The molecule has 0 bridgehead atoms. The molecular formula is C23H22BrF3N4O2S. The highest BCUT2D eigenvalue weighted by Crippen LogP contribution is 2.32. The summed E-state index contributed by atoms with van der Waals surface area (Å²) in [6.07, 6.45) is -4.36. The molecule has 1 N–H and O–H groups in total. The molecule has 0 atom stereocenters. The van der Waals surface area contributed by atoms with E-state index in [9.17, 15) is 22.8 Å². The van der Waals surface area contributed by atoms with Crippen molar-refractivity contribution in [1.82, 2.24) is 15.1 Å².